The summed E-state index contributed by atoms with van der Waals surface area (Å²) >= 11 is 6.81. The number of benzene rings is 2. The van der Waals surface area contributed by atoms with Crippen LogP contribution in [-0.2, 0) is 16.2 Å². The van der Waals surface area contributed by atoms with Crippen molar-refractivity contribution in [3.05, 3.63) is 80.7 Å². The average Bonchev–Trinajstić information content (AvgIpc) is 2.89. The van der Waals surface area contributed by atoms with E-state index in [1.807, 2.05) is 43.3 Å². The number of aryl methyl sites for hydroxylation is 1. The van der Waals surface area contributed by atoms with E-state index in [1.165, 1.54) is 5.56 Å². The van der Waals surface area contributed by atoms with E-state index in [-0.39, 0.29) is 11.6 Å². The van der Waals surface area contributed by atoms with Gasteiger partial charge in [-0.15, -0.1) is 0 Å². The summed E-state index contributed by atoms with van der Waals surface area (Å²) in [5.74, 6) is 0.807. The molecule has 2 aromatic rings. The molecule has 1 heterocycles. The van der Waals surface area contributed by atoms with Crippen molar-refractivity contribution in [2.45, 2.75) is 71.3 Å². The van der Waals surface area contributed by atoms with Crippen molar-refractivity contribution in [3.63, 3.8) is 0 Å². The normalized spacial score (nSPS) is 18.2. The highest BCUT2D eigenvalue weighted by molar-refractivity contribution is 6.32. The number of nitrogens with zero attached hydrogens (tertiary/aromatic N) is 1. The molecule has 194 valence electrons. The number of hydrogen-bond donors (Lipinski definition) is 0. The second kappa shape index (κ2) is 10.7. The summed E-state index contributed by atoms with van der Waals surface area (Å²) in [6.07, 6.45) is 5.36. The summed E-state index contributed by atoms with van der Waals surface area (Å²) in [6, 6.07) is 11.9. The fourth-order valence-electron chi connectivity index (χ4n) is 5.93. The van der Waals surface area contributed by atoms with Crippen LogP contribution < -0.4 is 9.47 Å². The number of halogens is 1. The molecule has 37 heavy (non-hydrogen) atoms. The number of ether oxygens (including phenoxy) is 2. The number of Topliss-reactive ketones (excluding diaryl/α,β-unsaturated/α-hetero) is 2. The number of ketones is 2. The monoisotopic (exact) mass is 519 g/mol. The second-order valence-electron chi connectivity index (χ2n) is 10.2. The Bertz CT molecular complexity index is 1250. The molecule has 0 atom stereocenters. The first-order valence-electron chi connectivity index (χ1n) is 13.3. The van der Waals surface area contributed by atoms with Gasteiger partial charge in [-0.2, -0.15) is 0 Å². The lowest BCUT2D eigenvalue weighted by Gasteiger charge is -2.44. The molecule has 0 amide bonds. The SMILES string of the molecule is CCCN1C2=C(C(=O)CCC2)C(c2cc(Cl)c(OCc3ccc(C)cc3)c(OC)c2)C2=C1CCCC2=O. The summed E-state index contributed by atoms with van der Waals surface area (Å²) in [5, 5.41) is 0.410. The van der Waals surface area contributed by atoms with Crippen molar-refractivity contribution >= 4 is 23.2 Å². The highest BCUT2D eigenvalue weighted by Crippen LogP contribution is 2.51. The van der Waals surface area contributed by atoms with Crippen molar-refractivity contribution in [1.29, 1.82) is 0 Å². The van der Waals surface area contributed by atoms with Gasteiger partial charge in [0.1, 0.15) is 6.61 Å². The molecule has 3 aliphatic rings. The van der Waals surface area contributed by atoms with E-state index in [2.05, 4.69) is 11.8 Å². The molecule has 5 rings (SSSR count). The summed E-state index contributed by atoms with van der Waals surface area (Å²) in [5.41, 5.74) is 6.73. The predicted octanol–water partition coefficient (Wildman–Crippen LogP) is 7.06. The van der Waals surface area contributed by atoms with Crippen LogP contribution in [0.15, 0.2) is 58.9 Å². The fourth-order valence-corrected chi connectivity index (χ4v) is 6.20. The quantitative estimate of drug-likeness (QED) is 0.392. The molecule has 0 radical (unpaired) electrons. The minimum absolute atomic E-state index is 0.132. The van der Waals surface area contributed by atoms with Crippen LogP contribution in [0.25, 0.3) is 0 Å². The van der Waals surface area contributed by atoms with Crippen LogP contribution in [0.4, 0.5) is 0 Å². The molecule has 0 unspecified atom stereocenters. The molecule has 0 saturated heterocycles. The summed E-state index contributed by atoms with van der Waals surface area (Å²) in [4.78, 5) is 29.1. The molecule has 0 spiro atoms. The summed E-state index contributed by atoms with van der Waals surface area (Å²) in [6.45, 7) is 5.36. The third-order valence-electron chi connectivity index (χ3n) is 7.62. The highest BCUT2D eigenvalue weighted by Gasteiger charge is 2.43. The predicted molar refractivity (Wildman–Crippen MR) is 145 cm³/mol. The zero-order chi connectivity index (χ0) is 26.1. The van der Waals surface area contributed by atoms with Crippen LogP contribution in [0, 0.1) is 6.92 Å². The maximum absolute atomic E-state index is 13.4. The lowest BCUT2D eigenvalue weighted by molar-refractivity contribution is -0.117. The Morgan fingerprint density at radius 3 is 2.14 bits per heavy atom. The molecule has 0 bridgehead atoms. The van der Waals surface area contributed by atoms with E-state index in [4.69, 9.17) is 21.1 Å². The zero-order valence-corrected chi connectivity index (χ0v) is 22.6. The van der Waals surface area contributed by atoms with Crippen molar-refractivity contribution in [2.75, 3.05) is 13.7 Å². The molecule has 5 nitrogen and oxygen atoms in total. The average molecular weight is 520 g/mol. The molecular formula is C31H34ClNO4. The minimum Gasteiger partial charge on any atom is -0.493 e. The van der Waals surface area contributed by atoms with Crippen molar-refractivity contribution in [3.8, 4) is 11.5 Å². The van der Waals surface area contributed by atoms with Gasteiger partial charge in [-0.3, -0.25) is 9.59 Å². The molecule has 2 aliphatic carbocycles. The van der Waals surface area contributed by atoms with Crippen LogP contribution in [-0.4, -0.2) is 30.1 Å². The van der Waals surface area contributed by atoms with Crippen LogP contribution in [0.1, 0.15) is 74.5 Å². The van der Waals surface area contributed by atoms with Gasteiger partial charge in [0.05, 0.1) is 12.1 Å². The van der Waals surface area contributed by atoms with E-state index in [0.29, 0.717) is 36.0 Å². The first-order chi connectivity index (χ1) is 17.9. The maximum atomic E-state index is 13.4. The van der Waals surface area contributed by atoms with Crippen LogP contribution in [0.5, 0.6) is 11.5 Å². The molecule has 0 fully saturated rings. The second-order valence-corrected chi connectivity index (χ2v) is 10.6. The molecular weight excluding hydrogens is 486 g/mol. The van der Waals surface area contributed by atoms with E-state index < -0.39 is 5.92 Å². The lowest BCUT2D eigenvalue weighted by Crippen LogP contribution is -2.39. The first-order valence-corrected chi connectivity index (χ1v) is 13.7. The Balaban J connectivity index is 1.59. The Kier molecular flexibility index (Phi) is 7.43. The van der Waals surface area contributed by atoms with E-state index >= 15 is 0 Å². The van der Waals surface area contributed by atoms with E-state index in [9.17, 15) is 9.59 Å². The van der Waals surface area contributed by atoms with Gasteiger partial charge in [-0.05, 0) is 62.3 Å². The number of methoxy groups -OCH3 is 1. The van der Waals surface area contributed by atoms with Gasteiger partial charge in [-0.25, -0.2) is 0 Å². The minimum atomic E-state index is -0.420. The van der Waals surface area contributed by atoms with Gasteiger partial charge in [-0.1, -0.05) is 48.4 Å². The van der Waals surface area contributed by atoms with Crippen molar-refractivity contribution < 1.29 is 19.1 Å². The Hall–Kier alpha value is -3.05. The molecule has 0 N–H and O–H groups in total. The van der Waals surface area contributed by atoms with Gasteiger partial charge in [0.25, 0.3) is 0 Å². The van der Waals surface area contributed by atoms with Crippen molar-refractivity contribution in [1.82, 2.24) is 4.90 Å². The molecule has 6 heteroatoms. The van der Waals surface area contributed by atoms with Gasteiger partial charge < -0.3 is 14.4 Å². The Morgan fingerprint density at radius 2 is 1.57 bits per heavy atom. The van der Waals surface area contributed by atoms with E-state index in [1.54, 1.807) is 7.11 Å². The molecule has 0 aromatic heterocycles. The van der Waals surface area contributed by atoms with E-state index in [0.717, 1.165) is 72.3 Å². The third kappa shape index (κ3) is 4.82. The van der Waals surface area contributed by atoms with Crippen molar-refractivity contribution in [2.24, 2.45) is 0 Å². The van der Waals surface area contributed by atoms with Gasteiger partial charge >= 0.3 is 0 Å². The number of hydrogen-bond acceptors (Lipinski definition) is 5. The third-order valence-corrected chi connectivity index (χ3v) is 7.90. The largest absolute Gasteiger partial charge is 0.493 e. The Morgan fingerprint density at radius 1 is 0.946 bits per heavy atom. The Labute approximate surface area is 224 Å². The first kappa shape index (κ1) is 25.6. The molecule has 2 aromatic carbocycles. The number of allylic oxidation sites excluding steroid dienone is 4. The maximum Gasteiger partial charge on any atom is 0.180 e. The zero-order valence-electron chi connectivity index (χ0n) is 21.9. The standard InChI is InChI=1S/C31H34ClNO4/c1-4-15-33-23-7-5-9-25(34)29(23)28(30-24(33)8-6-10-26(30)35)21-16-22(32)31(27(17-21)36-3)37-18-20-13-11-19(2)12-14-20/h11-14,16-17,28H,4-10,15,18H2,1-3H3. The van der Waals surface area contributed by atoms with Gasteiger partial charge in [0.2, 0.25) is 0 Å². The van der Waals surface area contributed by atoms with Crippen LogP contribution in [0.3, 0.4) is 0 Å². The topological polar surface area (TPSA) is 55.8 Å². The molecule has 1 aliphatic heterocycles. The number of rotatable bonds is 7. The number of carbonyl (C=O) groups is 2. The fraction of sp³-hybridized carbons (Fsp3) is 0.419. The van der Waals surface area contributed by atoms with Crippen LogP contribution in [0.2, 0.25) is 5.02 Å². The van der Waals surface area contributed by atoms with Gasteiger partial charge in [0, 0.05) is 47.8 Å². The number of carbonyl (C=O) groups excluding carboxylic acids is 2. The smallest absolute Gasteiger partial charge is 0.180 e. The lowest BCUT2D eigenvalue weighted by atomic mass is 9.71. The highest BCUT2D eigenvalue weighted by atomic mass is 35.5. The van der Waals surface area contributed by atoms with Gasteiger partial charge in [0.15, 0.2) is 23.1 Å². The molecule has 0 saturated carbocycles. The summed E-state index contributed by atoms with van der Waals surface area (Å²) in [7, 11) is 1.59. The summed E-state index contributed by atoms with van der Waals surface area (Å²) < 4.78 is 11.8. The van der Waals surface area contributed by atoms with Crippen LogP contribution >= 0.6 is 11.6 Å².